The van der Waals surface area contributed by atoms with Gasteiger partial charge in [0.05, 0.1) is 0 Å². The summed E-state index contributed by atoms with van der Waals surface area (Å²) in [5, 5.41) is 5.59. The van der Waals surface area contributed by atoms with Crippen LogP contribution >= 0.6 is 11.8 Å². The molecule has 1 saturated heterocycles. The zero-order valence-corrected chi connectivity index (χ0v) is 11.0. The number of aliphatic imine (C=N–C) groups is 1. The third kappa shape index (κ3) is 1.78. The molecule has 0 spiro atoms. The van der Waals surface area contributed by atoms with E-state index in [0.717, 1.165) is 16.7 Å². The predicted octanol–water partition coefficient (Wildman–Crippen LogP) is 1.60. The zero-order valence-electron chi connectivity index (χ0n) is 10.2. The molecule has 1 aromatic heterocycles. The maximum atomic E-state index is 13.4. The van der Waals surface area contributed by atoms with Gasteiger partial charge in [-0.1, -0.05) is 16.9 Å². The number of carbonyl (C=O) groups excluding carboxylic acids is 1. The second-order valence-electron chi connectivity index (χ2n) is 4.36. The van der Waals surface area contributed by atoms with Gasteiger partial charge >= 0.3 is 11.8 Å². The smallest absolute Gasteiger partial charge is 0.360 e. The first kappa shape index (κ1) is 13.3. The molecule has 0 aromatic carbocycles. The summed E-state index contributed by atoms with van der Waals surface area (Å²) in [7, 11) is 0. The second kappa shape index (κ2) is 4.14. The van der Waals surface area contributed by atoms with Crippen molar-refractivity contribution in [3.05, 3.63) is 11.8 Å². The molecule has 2 aliphatic heterocycles. The molecule has 2 aliphatic rings. The number of thioether (sulfide) groups is 1. The SMILES string of the molecule is Cc1cc(NC2(C(F)(F)F)N=C3SCCN3C2=O)no1. The van der Waals surface area contributed by atoms with Gasteiger partial charge in [0.25, 0.3) is 5.91 Å². The molecule has 0 radical (unpaired) electrons. The molecule has 108 valence electrons. The minimum Gasteiger partial charge on any atom is -0.360 e. The van der Waals surface area contributed by atoms with Crippen LogP contribution in [-0.2, 0) is 4.79 Å². The Labute approximate surface area is 115 Å². The predicted molar refractivity (Wildman–Crippen MR) is 65.3 cm³/mol. The number of hydrogen-bond donors (Lipinski definition) is 1. The van der Waals surface area contributed by atoms with Crippen LogP contribution in [0.3, 0.4) is 0 Å². The molecular weight excluding hydrogens is 297 g/mol. The summed E-state index contributed by atoms with van der Waals surface area (Å²) in [4.78, 5) is 16.7. The number of aromatic nitrogens is 1. The maximum absolute atomic E-state index is 13.4. The monoisotopic (exact) mass is 306 g/mol. The molecule has 10 heteroatoms. The van der Waals surface area contributed by atoms with Crippen molar-refractivity contribution >= 4 is 28.7 Å². The first-order chi connectivity index (χ1) is 9.33. The Kier molecular flexibility index (Phi) is 2.75. The van der Waals surface area contributed by atoms with Crippen molar-refractivity contribution in [3.8, 4) is 0 Å². The number of fused-ring (bicyclic) bond motifs is 1. The molecule has 6 nitrogen and oxygen atoms in total. The van der Waals surface area contributed by atoms with Crippen LogP contribution in [0, 0.1) is 6.92 Å². The summed E-state index contributed by atoms with van der Waals surface area (Å²) in [5.74, 6) is -0.436. The van der Waals surface area contributed by atoms with Crippen molar-refractivity contribution in [2.45, 2.75) is 18.8 Å². The fraction of sp³-hybridized carbons (Fsp3) is 0.500. The summed E-state index contributed by atoms with van der Waals surface area (Å²) < 4.78 is 44.8. The van der Waals surface area contributed by atoms with Gasteiger partial charge in [-0.25, -0.2) is 4.99 Å². The van der Waals surface area contributed by atoms with E-state index < -0.39 is 17.7 Å². The standard InChI is InChI=1S/C10H9F3N4O2S/c1-5-4-6(16-19-5)14-9(10(11,12)13)7(18)17-2-3-20-8(17)15-9/h4H,2-3H2,1H3,(H,14,16). The molecule has 1 aromatic rings. The molecule has 20 heavy (non-hydrogen) atoms. The van der Waals surface area contributed by atoms with Gasteiger partial charge in [0.1, 0.15) is 5.76 Å². The number of amidine groups is 1. The van der Waals surface area contributed by atoms with Gasteiger partial charge in [0.2, 0.25) is 0 Å². The van der Waals surface area contributed by atoms with Gasteiger partial charge in [0, 0.05) is 18.4 Å². The van der Waals surface area contributed by atoms with E-state index in [9.17, 15) is 18.0 Å². The second-order valence-corrected chi connectivity index (χ2v) is 5.42. The number of nitrogens with one attached hydrogen (secondary N) is 1. The van der Waals surface area contributed by atoms with Crippen molar-refractivity contribution in [2.75, 3.05) is 17.6 Å². The lowest BCUT2D eigenvalue weighted by atomic mass is 10.1. The first-order valence-electron chi connectivity index (χ1n) is 5.66. The summed E-state index contributed by atoms with van der Waals surface area (Å²) in [5.41, 5.74) is -3.01. The number of anilines is 1. The number of aryl methyl sites for hydroxylation is 1. The number of nitrogens with zero attached hydrogens (tertiary/aromatic N) is 3. The highest BCUT2D eigenvalue weighted by molar-refractivity contribution is 8.14. The Bertz CT molecular complexity index is 600. The minimum atomic E-state index is -4.88. The summed E-state index contributed by atoms with van der Waals surface area (Å²) >= 11 is 1.12. The number of rotatable bonds is 2. The van der Waals surface area contributed by atoms with Gasteiger partial charge in [-0.2, -0.15) is 13.2 Å². The van der Waals surface area contributed by atoms with E-state index in [1.165, 1.54) is 13.0 Å². The highest BCUT2D eigenvalue weighted by atomic mass is 32.2. The van der Waals surface area contributed by atoms with Crippen molar-refractivity contribution in [1.29, 1.82) is 0 Å². The van der Waals surface area contributed by atoms with Crippen LogP contribution in [0.1, 0.15) is 5.76 Å². The number of carbonyl (C=O) groups is 1. The topological polar surface area (TPSA) is 70.7 Å². The van der Waals surface area contributed by atoms with Crippen LogP contribution < -0.4 is 5.32 Å². The molecule has 1 amide bonds. The average molecular weight is 306 g/mol. The number of hydrogen-bond acceptors (Lipinski definition) is 6. The molecule has 1 fully saturated rings. The molecule has 1 unspecified atom stereocenters. The van der Waals surface area contributed by atoms with Crippen LogP contribution in [0.15, 0.2) is 15.6 Å². The Morgan fingerprint density at radius 1 is 1.55 bits per heavy atom. The number of halogens is 3. The maximum Gasteiger partial charge on any atom is 0.442 e. The van der Waals surface area contributed by atoms with Gasteiger partial charge in [-0.05, 0) is 6.92 Å². The molecular formula is C10H9F3N4O2S. The lowest BCUT2D eigenvalue weighted by molar-refractivity contribution is -0.185. The lowest BCUT2D eigenvalue weighted by Gasteiger charge is -2.28. The molecule has 3 heterocycles. The van der Waals surface area contributed by atoms with E-state index in [0.29, 0.717) is 11.5 Å². The highest BCUT2D eigenvalue weighted by Gasteiger charge is 2.67. The fourth-order valence-corrected chi connectivity index (χ4v) is 3.00. The number of amides is 1. The third-order valence-corrected chi connectivity index (χ3v) is 3.90. The largest absolute Gasteiger partial charge is 0.442 e. The van der Waals surface area contributed by atoms with Crippen molar-refractivity contribution in [2.24, 2.45) is 4.99 Å². The third-order valence-electron chi connectivity index (χ3n) is 2.94. The first-order valence-corrected chi connectivity index (χ1v) is 6.65. The van der Waals surface area contributed by atoms with Crippen LogP contribution in [0.2, 0.25) is 0 Å². The molecule has 0 bridgehead atoms. The van der Waals surface area contributed by atoms with Crippen LogP contribution in [0.25, 0.3) is 0 Å². The molecule has 1 atom stereocenters. The van der Waals surface area contributed by atoms with E-state index in [4.69, 9.17) is 4.52 Å². The van der Waals surface area contributed by atoms with Crippen molar-refractivity contribution < 1.29 is 22.5 Å². The van der Waals surface area contributed by atoms with Crippen LogP contribution in [-0.4, -0.2) is 45.3 Å². The average Bonchev–Trinajstić information content (AvgIpc) is 2.99. The van der Waals surface area contributed by atoms with Crippen LogP contribution in [0.5, 0.6) is 0 Å². The van der Waals surface area contributed by atoms with Crippen molar-refractivity contribution in [1.82, 2.24) is 10.1 Å². The van der Waals surface area contributed by atoms with Gasteiger partial charge in [0.15, 0.2) is 11.0 Å². The van der Waals surface area contributed by atoms with E-state index in [1.807, 2.05) is 0 Å². The van der Waals surface area contributed by atoms with E-state index >= 15 is 0 Å². The minimum absolute atomic E-state index is 0.0834. The van der Waals surface area contributed by atoms with E-state index in [1.54, 1.807) is 0 Å². The molecule has 0 saturated carbocycles. The van der Waals surface area contributed by atoms with Gasteiger partial charge < -0.3 is 9.84 Å². The van der Waals surface area contributed by atoms with E-state index in [-0.39, 0.29) is 17.5 Å². The summed E-state index contributed by atoms with van der Waals surface area (Å²) in [6.45, 7) is 1.76. The van der Waals surface area contributed by atoms with Crippen LogP contribution in [0.4, 0.5) is 19.0 Å². The van der Waals surface area contributed by atoms with Crippen molar-refractivity contribution in [3.63, 3.8) is 0 Å². The highest BCUT2D eigenvalue weighted by Crippen LogP contribution is 2.42. The quantitative estimate of drug-likeness (QED) is 0.898. The molecule has 1 N–H and O–H groups in total. The van der Waals surface area contributed by atoms with Gasteiger partial charge in [-0.15, -0.1) is 0 Å². The Hall–Kier alpha value is -1.71. The van der Waals surface area contributed by atoms with Gasteiger partial charge in [-0.3, -0.25) is 9.69 Å². The molecule has 3 rings (SSSR count). The summed E-state index contributed by atoms with van der Waals surface area (Å²) in [6, 6.07) is 1.28. The Morgan fingerprint density at radius 2 is 2.30 bits per heavy atom. The Morgan fingerprint density at radius 3 is 2.85 bits per heavy atom. The normalized spacial score (nSPS) is 25.9. The number of alkyl halides is 3. The zero-order chi connectivity index (χ0) is 14.5. The molecule has 0 aliphatic carbocycles. The van der Waals surface area contributed by atoms with E-state index in [2.05, 4.69) is 15.5 Å². The fourth-order valence-electron chi connectivity index (χ4n) is 2.02. The lowest BCUT2D eigenvalue weighted by Crippen LogP contribution is -2.57. The summed E-state index contributed by atoms with van der Waals surface area (Å²) in [6.07, 6.45) is -4.88. The Balaban J connectivity index is 2.03.